The molecule has 0 amide bonds. The summed E-state index contributed by atoms with van der Waals surface area (Å²) < 4.78 is 0. The van der Waals surface area contributed by atoms with Crippen molar-refractivity contribution in [3.8, 4) is 11.5 Å². The first-order chi connectivity index (χ1) is 16.2. The number of nitro benzene ring substituents is 2. The first-order valence-electron chi connectivity index (χ1n) is 12.0. The SMILES string of the molecule is CCC(C)c1cc([N+](=O)[O-])cc([N+](=O)[O-])c1O.Cc1cc(C(C)(C)C)c(O)c(C(C)(C)C)c1N(C)C. The number of aromatic hydroxyl groups is 2. The molecule has 0 saturated carbocycles. The highest BCUT2D eigenvalue weighted by atomic mass is 16.6. The molecule has 200 valence electrons. The van der Waals surface area contributed by atoms with Crippen LogP contribution in [0.3, 0.4) is 0 Å². The summed E-state index contributed by atoms with van der Waals surface area (Å²) in [5, 5.41) is 41.8. The van der Waals surface area contributed by atoms with Crippen LogP contribution in [0.25, 0.3) is 0 Å². The van der Waals surface area contributed by atoms with Crippen LogP contribution >= 0.6 is 0 Å². The van der Waals surface area contributed by atoms with E-state index in [-0.39, 0.29) is 28.0 Å². The van der Waals surface area contributed by atoms with E-state index in [1.807, 2.05) is 21.0 Å². The molecule has 2 N–H and O–H groups in total. The molecule has 2 aromatic carbocycles. The Hall–Kier alpha value is -3.36. The van der Waals surface area contributed by atoms with Crippen molar-refractivity contribution < 1.29 is 20.1 Å². The topological polar surface area (TPSA) is 130 Å². The fraction of sp³-hybridized carbons (Fsp3) is 0.556. The third-order valence-electron chi connectivity index (χ3n) is 6.12. The van der Waals surface area contributed by atoms with Gasteiger partial charge in [0.05, 0.1) is 15.9 Å². The highest BCUT2D eigenvalue weighted by Crippen LogP contribution is 2.45. The second-order valence-corrected chi connectivity index (χ2v) is 11.4. The summed E-state index contributed by atoms with van der Waals surface area (Å²) in [6.45, 7) is 18.6. The molecule has 2 aromatic rings. The van der Waals surface area contributed by atoms with Gasteiger partial charge in [0, 0.05) is 37.0 Å². The number of nitro groups is 2. The fourth-order valence-electron chi connectivity index (χ4n) is 4.12. The maximum atomic E-state index is 10.8. The third-order valence-corrected chi connectivity index (χ3v) is 6.12. The molecule has 0 aliphatic heterocycles. The van der Waals surface area contributed by atoms with E-state index >= 15 is 0 Å². The molecule has 0 bridgehead atoms. The van der Waals surface area contributed by atoms with Crippen LogP contribution in [-0.2, 0) is 10.8 Å². The molecular formula is C27H41N3O6. The summed E-state index contributed by atoms with van der Waals surface area (Å²) in [6.07, 6.45) is 0.617. The third kappa shape index (κ3) is 6.86. The number of hydrogen-bond acceptors (Lipinski definition) is 7. The number of non-ortho nitro benzene ring substituents is 1. The summed E-state index contributed by atoms with van der Waals surface area (Å²) in [7, 11) is 4.07. The lowest BCUT2D eigenvalue weighted by atomic mass is 9.77. The summed E-state index contributed by atoms with van der Waals surface area (Å²) in [6, 6.07) is 4.07. The van der Waals surface area contributed by atoms with Gasteiger partial charge >= 0.3 is 5.69 Å². The van der Waals surface area contributed by atoms with Crippen molar-refractivity contribution in [2.24, 2.45) is 0 Å². The Balaban J connectivity index is 0.000000362. The maximum absolute atomic E-state index is 10.8. The van der Waals surface area contributed by atoms with Crippen LogP contribution in [0.15, 0.2) is 18.2 Å². The summed E-state index contributed by atoms with van der Waals surface area (Å²) >= 11 is 0. The summed E-state index contributed by atoms with van der Waals surface area (Å²) in [5.74, 6) is -0.224. The molecule has 0 aromatic heterocycles. The zero-order chi connectivity index (χ0) is 28.3. The first-order valence-corrected chi connectivity index (χ1v) is 12.0. The van der Waals surface area contributed by atoms with E-state index in [9.17, 15) is 30.4 Å². The Morgan fingerprint density at radius 3 is 1.81 bits per heavy atom. The highest BCUT2D eigenvalue weighted by Gasteiger charge is 2.30. The molecule has 0 radical (unpaired) electrons. The predicted molar refractivity (Wildman–Crippen MR) is 145 cm³/mol. The molecule has 0 spiro atoms. The van der Waals surface area contributed by atoms with Crippen molar-refractivity contribution in [3.63, 3.8) is 0 Å². The minimum Gasteiger partial charge on any atom is -0.507 e. The van der Waals surface area contributed by atoms with E-state index in [1.165, 1.54) is 11.6 Å². The normalized spacial score (nSPS) is 12.4. The molecule has 1 unspecified atom stereocenters. The number of phenolic OH excluding ortho intramolecular Hbond substituents is 2. The van der Waals surface area contributed by atoms with Crippen molar-refractivity contribution in [2.45, 2.75) is 85.5 Å². The Labute approximate surface area is 214 Å². The van der Waals surface area contributed by atoms with Gasteiger partial charge < -0.3 is 15.1 Å². The van der Waals surface area contributed by atoms with Gasteiger partial charge in [-0.25, -0.2) is 0 Å². The number of benzene rings is 2. The quantitative estimate of drug-likeness (QED) is 0.329. The number of nitrogens with zero attached hydrogens (tertiary/aromatic N) is 3. The molecule has 0 aliphatic carbocycles. The van der Waals surface area contributed by atoms with Gasteiger partial charge in [-0.3, -0.25) is 20.2 Å². The van der Waals surface area contributed by atoms with E-state index in [0.717, 1.165) is 22.9 Å². The lowest BCUT2D eigenvalue weighted by Gasteiger charge is -2.33. The van der Waals surface area contributed by atoms with E-state index in [1.54, 1.807) is 6.92 Å². The molecule has 0 saturated heterocycles. The molecular weight excluding hydrogens is 462 g/mol. The zero-order valence-corrected chi connectivity index (χ0v) is 23.4. The Morgan fingerprint density at radius 2 is 1.44 bits per heavy atom. The predicted octanol–water partition coefficient (Wildman–Crippen LogP) is 7.08. The molecule has 0 fully saturated rings. The Bertz CT molecular complexity index is 1130. The molecule has 0 heterocycles. The van der Waals surface area contributed by atoms with Gasteiger partial charge in [0.15, 0.2) is 5.75 Å². The van der Waals surface area contributed by atoms with Crippen LogP contribution in [0.4, 0.5) is 17.1 Å². The zero-order valence-electron chi connectivity index (χ0n) is 23.4. The standard InChI is InChI=1S/C17H29NO.C10H12N2O5/c1-11-10-12(16(2,3)4)15(19)13(17(5,6)7)14(11)18(8)9;1-3-6(2)8-4-7(11(14)15)5-9(10(8)13)12(16)17/h10,19H,1-9H3;4-6,13H,3H2,1-2H3. The van der Waals surface area contributed by atoms with E-state index < -0.39 is 21.3 Å². The molecule has 1 atom stereocenters. The van der Waals surface area contributed by atoms with Crippen molar-refractivity contribution >= 4 is 17.1 Å². The summed E-state index contributed by atoms with van der Waals surface area (Å²) in [5.41, 5.74) is 3.50. The smallest absolute Gasteiger partial charge is 0.317 e. The molecule has 36 heavy (non-hydrogen) atoms. The lowest BCUT2D eigenvalue weighted by Crippen LogP contribution is -2.23. The van der Waals surface area contributed by atoms with Crippen molar-refractivity contribution in [3.05, 3.63) is 60.7 Å². The van der Waals surface area contributed by atoms with Crippen LogP contribution in [0.1, 0.15) is 90.0 Å². The van der Waals surface area contributed by atoms with Crippen LogP contribution in [0.2, 0.25) is 0 Å². The lowest BCUT2D eigenvalue weighted by molar-refractivity contribution is -0.394. The van der Waals surface area contributed by atoms with Crippen LogP contribution in [-0.4, -0.2) is 34.2 Å². The Morgan fingerprint density at radius 1 is 0.917 bits per heavy atom. The number of aryl methyl sites for hydroxylation is 1. The number of rotatable bonds is 5. The van der Waals surface area contributed by atoms with Crippen LogP contribution in [0.5, 0.6) is 11.5 Å². The van der Waals surface area contributed by atoms with Crippen LogP contribution in [0, 0.1) is 27.2 Å². The van der Waals surface area contributed by atoms with E-state index in [2.05, 4.69) is 59.4 Å². The largest absolute Gasteiger partial charge is 0.507 e. The average Bonchev–Trinajstić information content (AvgIpc) is 2.72. The van der Waals surface area contributed by atoms with Crippen molar-refractivity contribution in [1.82, 2.24) is 0 Å². The van der Waals surface area contributed by atoms with Gasteiger partial charge in [0.25, 0.3) is 5.69 Å². The van der Waals surface area contributed by atoms with Gasteiger partial charge in [-0.05, 0) is 47.3 Å². The maximum Gasteiger partial charge on any atom is 0.317 e. The minimum absolute atomic E-state index is 0.0559. The molecule has 9 heteroatoms. The summed E-state index contributed by atoms with van der Waals surface area (Å²) in [4.78, 5) is 21.9. The monoisotopic (exact) mass is 503 g/mol. The van der Waals surface area contributed by atoms with Gasteiger partial charge in [-0.15, -0.1) is 0 Å². The van der Waals surface area contributed by atoms with E-state index in [4.69, 9.17) is 0 Å². The number of phenols is 2. The first kappa shape index (κ1) is 30.7. The van der Waals surface area contributed by atoms with E-state index in [0.29, 0.717) is 12.2 Å². The van der Waals surface area contributed by atoms with Crippen molar-refractivity contribution in [2.75, 3.05) is 19.0 Å². The van der Waals surface area contributed by atoms with Crippen molar-refractivity contribution in [1.29, 1.82) is 0 Å². The second kappa shape index (κ2) is 11.1. The fourth-order valence-corrected chi connectivity index (χ4v) is 4.12. The van der Waals surface area contributed by atoms with Gasteiger partial charge in [0.2, 0.25) is 0 Å². The van der Waals surface area contributed by atoms with Gasteiger partial charge in [0.1, 0.15) is 5.75 Å². The number of anilines is 1. The van der Waals surface area contributed by atoms with Crippen LogP contribution < -0.4 is 4.90 Å². The minimum atomic E-state index is -0.825. The average molecular weight is 504 g/mol. The number of hydrogen-bond donors (Lipinski definition) is 2. The molecule has 2 rings (SSSR count). The highest BCUT2D eigenvalue weighted by molar-refractivity contribution is 5.68. The Kier molecular flexibility index (Phi) is 9.49. The molecule has 0 aliphatic rings. The second-order valence-electron chi connectivity index (χ2n) is 11.4. The van der Waals surface area contributed by atoms with Gasteiger partial charge in [-0.1, -0.05) is 55.4 Å². The molecule has 9 nitrogen and oxygen atoms in total. The van der Waals surface area contributed by atoms with Gasteiger partial charge in [-0.2, -0.15) is 0 Å².